The lowest BCUT2D eigenvalue weighted by Gasteiger charge is -2.28. The van der Waals surface area contributed by atoms with E-state index in [2.05, 4.69) is 5.32 Å². The van der Waals surface area contributed by atoms with Gasteiger partial charge in [-0.3, -0.25) is 9.59 Å². The van der Waals surface area contributed by atoms with E-state index in [1.807, 2.05) is 48.5 Å². The van der Waals surface area contributed by atoms with Gasteiger partial charge in [0.05, 0.1) is 12.0 Å². The molecule has 32 heavy (non-hydrogen) atoms. The number of benzene rings is 2. The molecule has 0 saturated carbocycles. The summed E-state index contributed by atoms with van der Waals surface area (Å²) in [5.41, 5.74) is 3.10. The minimum absolute atomic E-state index is 0.0195. The number of amides is 2. The number of fused-ring (bicyclic) bond motifs is 3. The van der Waals surface area contributed by atoms with Gasteiger partial charge < -0.3 is 25.2 Å². The molecule has 3 N–H and O–H groups in total. The lowest BCUT2D eigenvalue weighted by atomic mass is 9.98. The number of aliphatic carboxylic acids is 1. The van der Waals surface area contributed by atoms with Crippen LogP contribution < -0.4 is 5.32 Å². The number of nitrogens with zero attached hydrogens (tertiary/aromatic N) is 1. The maximum Gasteiger partial charge on any atom is 0.407 e. The van der Waals surface area contributed by atoms with Crippen LogP contribution >= 0.6 is 0 Å². The summed E-state index contributed by atoms with van der Waals surface area (Å²) >= 11 is 0. The van der Waals surface area contributed by atoms with Gasteiger partial charge in [-0.05, 0) is 36.1 Å². The fourth-order valence-electron chi connectivity index (χ4n) is 4.08. The molecular formula is C24H28N2O6. The molecule has 0 saturated heterocycles. The second kappa shape index (κ2) is 9.40. The van der Waals surface area contributed by atoms with Gasteiger partial charge in [-0.25, -0.2) is 4.79 Å². The number of hydrogen-bond acceptors (Lipinski definition) is 5. The molecule has 0 heterocycles. The molecule has 0 aliphatic heterocycles. The summed E-state index contributed by atoms with van der Waals surface area (Å²) in [7, 11) is 1.44. The molecule has 1 aliphatic rings. The van der Waals surface area contributed by atoms with E-state index in [0.717, 1.165) is 22.3 Å². The summed E-state index contributed by atoms with van der Waals surface area (Å²) in [6.07, 6.45) is -1.47. The van der Waals surface area contributed by atoms with Gasteiger partial charge in [0.15, 0.2) is 0 Å². The molecule has 170 valence electrons. The molecule has 8 heteroatoms. The lowest BCUT2D eigenvalue weighted by Crippen LogP contribution is -2.51. The van der Waals surface area contributed by atoms with Crippen LogP contribution in [0.4, 0.5) is 4.79 Å². The number of hydrogen-bond donors (Lipinski definition) is 3. The van der Waals surface area contributed by atoms with E-state index in [0.29, 0.717) is 0 Å². The first-order chi connectivity index (χ1) is 15.1. The van der Waals surface area contributed by atoms with Crippen LogP contribution in [-0.4, -0.2) is 64.9 Å². The molecule has 3 rings (SSSR count). The molecule has 8 nitrogen and oxygen atoms in total. The van der Waals surface area contributed by atoms with E-state index in [9.17, 15) is 19.5 Å². The number of carbonyl (C=O) groups excluding carboxylic acids is 2. The molecule has 0 bridgehead atoms. The smallest absolute Gasteiger partial charge is 0.407 e. The van der Waals surface area contributed by atoms with Crippen molar-refractivity contribution in [2.24, 2.45) is 0 Å². The van der Waals surface area contributed by atoms with Gasteiger partial charge in [0, 0.05) is 19.5 Å². The number of carboxylic acids is 1. The largest absolute Gasteiger partial charge is 0.481 e. The molecule has 0 radical (unpaired) electrons. The molecule has 1 aliphatic carbocycles. The third kappa shape index (κ3) is 5.45. The monoisotopic (exact) mass is 440 g/mol. The molecule has 1 atom stereocenters. The second-order valence-electron chi connectivity index (χ2n) is 8.63. The normalized spacial score (nSPS) is 13.6. The predicted molar refractivity (Wildman–Crippen MR) is 118 cm³/mol. The van der Waals surface area contributed by atoms with Crippen molar-refractivity contribution in [1.29, 1.82) is 0 Å². The Labute approximate surface area is 186 Å². The van der Waals surface area contributed by atoms with Crippen LogP contribution in [0.1, 0.15) is 37.3 Å². The summed E-state index contributed by atoms with van der Waals surface area (Å²) in [5.74, 6) is -2.01. The van der Waals surface area contributed by atoms with Gasteiger partial charge in [0.25, 0.3) is 0 Å². The summed E-state index contributed by atoms with van der Waals surface area (Å²) in [5, 5.41) is 21.5. The number of nitrogens with one attached hydrogen (secondary N) is 1. The molecule has 1 unspecified atom stereocenters. The van der Waals surface area contributed by atoms with Gasteiger partial charge in [0.1, 0.15) is 12.6 Å². The van der Waals surface area contributed by atoms with Crippen molar-refractivity contribution in [3.63, 3.8) is 0 Å². The summed E-state index contributed by atoms with van der Waals surface area (Å²) in [6, 6.07) is 14.5. The van der Waals surface area contributed by atoms with Crippen molar-refractivity contribution in [3.8, 4) is 11.1 Å². The molecule has 2 aromatic rings. The Hall–Kier alpha value is -3.39. The van der Waals surface area contributed by atoms with Crippen molar-refractivity contribution in [2.45, 2.75) is 37.8 Å². The number of rotatable bonds is 8. The third-order valence-corrected chi connectivity index (χ3v) is 5.31. The van der Waals surface area contributed by atoms with Gasteiger partial charge in [-0.1, -0.05) is 48.5 Å². The zero-order chi connectivity index (χ0) is 23.5. The Morgan fingerprint density at radius 3 is 2.09 bits per heavy atom. The number of aliphatic hydroxyl groups is 1. The summed E-state index contributed by atoms with van der Waals surface area (Å²) < 4.78 is 5.42. The number of alkyl carbamates (subject to hydrolysis) is 1. The van der Waals surface area contributed by atoms with E-state index in [1.54, 1.807) is 0 Å². The lowest BCUT2D eigenvalue weighted by molar-refractivity contribution is -0.143. The molecule has 2 aromatic carbocycles. The standard InChI is InChI=1S/C24H28N2O6/c1-24(2,31)14-26(3)22(29)20(12-21(27)28)25-23(30)32-13-19-17-10-6-4-8-15(17)16-9-5-7-11-18(16)19/h4-11,19-20,31H,12-14H2,1-3H3,(H,25,30)(H,27,28). The summed E-state index contributed by atoms with van der Waals surface area (Å²) in [4.78, 5) is 37.6. The van der Waals surface area contributed by atoms with Crippen molar-refractivity contribution in [2.75, 3.05) is 20.2 Å². The van der Waals surface area contributed by atoms with Crippen LogP contribution in [0.25, 0.3) is 11.1 Å². The molecule has 0 aromatic heterocycles. The quantitative estimate of drug-likeness (QED) is 0.581. The first-order valence-electron chi connectivity index (χ1n) is 10.4. The van der Waals surface area contributed by atoms with E-state index in [4.69, 9.17) is 9.84 Å². The topological polar surface area (TPSA) is 116 Å². The number of carboxylic acid groups (broad SMARTS) is 1. The molecule has 0 spiro atoms. The predicted octanol–water partition coefficient (Wildman–Crippen LogP) is 2.60. The van der Waals surface area contributed by atoms with Crippen molar-refractivity contribution < 1.29 is 29.3 Å². The minimum Gasteiger partial charge on any atom is -0.481 e. The highest BCUT2D eigenvalue weighted by molar-refractivity contribution is 5.89. The second-order valence-corrected chi connectivity index (χ2v) is 8.63. The van der Waals surface area contributed by atoms with E-state index in [-0.39, 0.29) is 19.1 Å². The third-order valence-electron chi connectivity index (χ3n) is 5.31. The van der Waals surface area contributed by atoms with Crippen molar-refractivity contribution in [1.82, 2.24) is 10.2 Å². The van der Waals surface area contributed by atoms with Crippen molar-refractivity contribution >= 4 is 18.0 Å². The zero-order valence-electron chi connectivity index (χ0n) is 18.4. The molecule has 2 amide bonds. The summed E-state index contributed by atoms with van der Waals surface area (Å²) in [6.45, 7) is 3.09. The molecule has 0 fully saturated rings. The number of carbonyl (C=O) groups is 3. The van der Waals surface area contributed by atoms with Crippen LogP contribution in [0.3, 0.4) is 0 Å². The van der Waals surface area contributed by atoms with Crippen LogP contribution in [0.2, 0.25) is 0 Å². The van der Waals surface area contributed by atoms with Crippen LogP contribution in [0.5, 0.6) is 0 Å². The van der Waals surface area contributed by atoms with Crippen molar-refractivity contribution in [3.05, 3.63) is 59.7 Å². The van der Waals surface area contributed by atoms with E-state index >= 15 is 0 Å². The Kier molecular flexibility index (Phi) is 6.84. The zero-order valence-corrected chi connectivity index (χ0v) is 18.4. The van der Waals surface area contributed by atoms with E-state index in [1.165, 1.54) is 25.8 Å². The van der Waals surface area contributed by atoms with Gasteiger partial charge in [-0.2, -0.15) is 0 Å². The van der Waals surface area contributed by atoms with Crippen LogP contribution in [-0.2, 0) is 14.3 Å². The highest BCUT2D eigenvalue weighted by atomic mass is 16.5. The Bertz CT molecular complexity index is 968. The first kappa shape index (κ1) is 23.3. The van der Waals surface area contributed by atoms with Gasteiger partial charge in [0.2, 0.25) is 5.91 Å². The Morgan fingerprint density at radius 2 is 1.59 bits per heavy atom. The average Bonchev–Trinajstić information content (AvgIpc) is 3.03. The highest BCUT2D eigenvalue weighted by Crippen LogP contribution is 2.44. The van der Waals surface area contributed by atoms with E-state index < -0.39 is 36.0 Å². The maximum absolute atomic E-state index is 12.7. The van der Waals surface area contributed by atoms with Gasteiger partial charge in [-0.15, -0.1) is 0 Å². The Balaban J connectivity index is 1.68. The SMILES string of the molecule is CN(CC(C)(C)O)C(=O)C(CC(=O)O)NC(=O)OCC1c2ccccc2-c2ccccc21. The molecular weight excluding hydrogens is 412 g/mol. The first-order valence-corrected chi connectivity index (χ1v) is 10.4. The average molecular weight is 440 g/mol. The number of likely N-dealkylation sites (N-methyl/N-ethyl adjacent to an activating group) is 1. The van der Waals surface area contributed by atoms with Gasteiger partial charge >= 0.3 is 12.1 Å². The number of ether oxygens (including phenoxy) is 1. The Morgan fingerprint density at radius 1 is 1.06 bits per heavy atom. The van der Waals surface area contributed by atoms with Crippen LogP contribution in [0, 0.1) is 0 Å². The maximum atomic E-state index is 12.7. The highest BCUT2D eigenvalue weighted by Gasteiger charge is 2.32. The van der Waals surface area contributed by atoms with Crippen LogP contribution in [0.15, 0.2) is 48.5 Å². The fraction of sp³-hybridized carbons (Fsp3) is 0.375. The fourth-order valence-corrected chi connectivity index (χ4v) is 4.08. The minimum atomic E-state index is -1.31.